The lowest BCUT2D eigenvalue weighted by Crippen LogP contribution is -2.22. The molecule has 1 atom stereocenters. The van der Waals surface area contributed by atoms with Crippen LogP contribution in [0.1, 0.15) is 35.2 Å². The molecule has 1 unspecified atom stereocenters. The first-order valence-electron chi connectivity index (χ1n) is 6.77. The lowest BCUT2D eigenvalue weighted by molar-refractivity contribution is 0.602. The lowest BCUT2D eigenvalue weighted by atomic mass is 9.96. The molecule has 0 aliphatic heterocycles. The molecule has 3 heteroatoms. The van der Waals surface area contributed by atoms with E-state index in [0.29, 0.717) is 5.02 Å². The number of hydrogen-bond donors (Lipinski definition) is 1. The minimum Gasteiger partial charge on any atom is -0.306 e. The Labute approximate surface area is 124 Å². The minimum atomic E-state index is -0.217. The van der Waals surface area contributed by atoms with Gasteiger partial charge in [-0.3, -0.25) is 0 Å². The molecule has 1 N–H and O–H groups in total. The van der Waals surface area contributed by atoms with Crippen LogP contribution in [-0.4, -0.2) is 6.54 Å². The van der Waals surface area contributed by atoms with E-state index in [4.69, 9.17) is 11.6 Å². The van der Waals surface area contributed by atoms with Crippen LogP contribution < -0.4 is 5.32 Å². The standard InChI is InChI=1S/C17H19ClFN/c1-4-20-17(13-7-12(3)8-14(19)10-13)15-6-5-11(2)9-16(15)18/h5-10,17,20H,4H2,1-3H3. The number of halogens is 2. The van der Waals surface area contributed by atoms with Gasteiger partial charge in [-0.2, -0.15) is 0 Å². The zero-order valence-electron chi connectivity index (χ0n) is 12.0. The summed E-state index contributed by atoms with van der Waals surface area (Å²) in [4.78, 5) is 0. The molecule has 1 nitrogen and oxygen atoms in total. The molecule has 0 fully saturated rings. The molecule has 0 aliphatic carbocycles. The molecular weight excluding hydrogens is 273 g/mol. The Hall–Kier alpha value is -1.38. The van der Waals surface area contributed by atoms with E-state index in [2.05, 4.69) is 5.32 Å². The van der Waals surface area contributed by atoms with E-state index in [-0.39, 0.29) is 11.9 Å². The third kappa shape index (κ3) is 3.38. The molecule has 0 aliphatic rings. The van der Waals surface area contributed by atoms with E-state index in [1.807, 2.05) is 45.0 Å². The normalized spacial score (nSPS) is 12.4. The van der Waals surface area contributed by atoms with Crippen LogP contribution in [0.25, 0.3) is 0 Å². The molecule has 0 spiro atoms. The molecule has 0 saturated carbocycles. The van der Waals surface area contributed by atoms with Crippen molar-refractivity contribution < 1.29 is 4.39 Å². The van der Waals surface area contributed by atoms with Crippen molar-refractivity contribution in [3.63, 3.8) is 0 Å². The van der Waals surface area contributed by atoms with Gasteiger partial charge in [0.25, 0.3) is 0 Å². The van der Waals surface area contributed by atoms with Crippen LogP contribution >= 0.6 is 11.6 Å². The van der Waals surface area contributed by atoms with Crippen molar-refractivity contribution in [3.8, 4) is 0 Å². The molecule has 0 amide bonds. The Bertz CT molecular complexity index is 590. The summed E-state index contributed by atoms with van der Waals surface area (Å²) < 4.78 is 13.6. The minimum absolute atomic E-state index is 0.0949. The van der Waals surface area contributed by atoms with Crippen LogP contribution in [-0.2, 0) is 0 Å². The van der Waals surface area contributed by atoms with Crippen molar-refractivity contribution in [1.82, 2.24) is 5.32 Å². The highest BCUT2D eigenvalue weighted by Crippen LogP contribution is 2.30. The third-order valence-corrected chi connectivity index (χ3v) is 3.60. The molecule has 0 heterocycles. The molecule has 0 bridgehead atoms. The average molecular weight is 292 g/mol. The monoisotopic (exact) mass is 291 g/mol. The van der Waals surface area contributed by atoms with Gasteiger partial charge in [0.15, 0.2) is 0 Å². The summed E-state index contributed by atoms with van der Waals surface area (Å²) in [6.07, 6.45) is 0. The van der Waals surface area contributed by atoms with Crippen molar-refractivity contribution in [2.24, 2.45) is 0 Å². The van der Waals surface area contributed by atoms with Gasteiger partial charge >= 0.3 is 0 Å². The number of aryl methyl sites for hydroxylation is 2. The second kappa shape index (κ2) is 6.38. The first-order valence-corrected chi connectivity index (χ1v) is 7.15. The third-order valence-electron chi connectivity index (χ3n) is 3.27. The topological polar surface area (TPSA) is 12.0 Å². The van der Waals surface area contributed by atoms with Crippen LogP contribution in [0.4, 0.5) is 4.39 Å². The molecule has 2 aromatic rings. The predicted octanol–water partition coefficient (Wildman–Crippen LogP) is 4.79. The van der Waals surface area contributed by atoms with E-state index in [0.717, 1.165) is 28.8 Å². The first-order chi connectivity index (χ1) is 9.51. The first kappa shape index (κ1) is 15.0. The highest BCUT2D eigenvalue weighted by atomic mass is 35.5. The summed E-state index contributed by atoms with van der Waals surface area (Å²) in [5.41, 5.74) is 3.90. The van der Waals surface area contributed by atoms with Crippen LogP contribution in [0.3, 0.4) is 0 Å². The van der Waals surface area contributed by atoms with Gasteiger partial charge in [-0.25, -0.2) is 4.39 Å². The molecule has 2 rings (SSSR count). The molecular formula is C17H19ClFN. The SMILES string of the molecule is CCNC(c1cc(C)cc(F)c1)c1ccc(C)cc1Cl. The van der Waals surface area contributed by atoms with E-state index >= 15 is 0 Å². The number of nitrogens with one attached hydrogen (secondary N) is 1. The fourth-order valence-electron chi connectivity index (χ4n) is 2.41. The maximum Gasteiger partial charge on any atom is 0.123 e. The van der Waals surface area contributed by atoms with Gasteiger partial charge in [-0.05, 0) is 60.8 Å². The second-order valence-electron chi connectivity index (χ2n) is 5.08. The van der Waals surface area contributed by atoms with Gasteiger partial charge in [0.2, 0.25) is 0 Å². The number of hydrogen-bond acceptors (Lipinski definition) is 1. The Morgan fingerprint density at radius 1 is 1.10 bits per heavy atom. The van der Waals surface area contributed by atoms with E-state index in [1.54, 1.807) is 6.07 Å². The zero-order valence-corrected chi connectivity index (χ0v) is 12.8. The summed E-state index contributed by atoms with van der Waals surface area (Å²) >= 11 is 6.36. The smallest absolute Gasteiger partial charge is 0.123 e. The summed E-state index contributed by atoms with van der Waals surface area (Å²) in [6.45, 7) is 6.71. The number of benzene rings is 2. The van der Waals surface area contributed by atoms with Crippen LogP contribution in [0, 0.1) is 19.7 Å². The van der Waals surface area contributed by atoms with Gasteiger partial charge in [0.1, 0.15) is 5.82 Å². The summed E-state index contributed by atoms with van der Waals surface area (Å²) in [6, 6.07) is 11.0. The van der Waals surface area contributed by atoms with E-state index < -0.39 is 0 Å². The quantitative estimate of drug-likeness (QED) is 0.853. The largest absolute Gasteiger partial charge is 0.306 e. The van der Waals surface area contributed by atoms with Crippen LogP contribution in [0.2, 0.25) is 5.02 Å². The van der Waals surface area contributed by atoms with Crippen molar-refractivity contribution >= 4 is 11.6 Å². The van der Waals surface area contributed by atoms with Gasteiger partial charge in [-0.1, -0.05) is 36.7 Å². The number of rotatable bonds is 4. The Kier molecular flexibility index (Phi) is 4.79. The van der Waals surface area contributed by atoms with Gasteiger partial charge < -0.3 is 5.32 Å². The maximum absolute atomic E-state index is 13.6. The van der Waals surface area contributed by atoms with Gasteiger partial charge in [0.05, 0.1) is 6.04 Å². The molecule has 0 radical (unpaired) electrons. The molecule has 0 aromatic heterocycles. The summed E-state index contributed by atoms with van der Waals surface area (Å²) in [5, 5.41) is 4.09. The van der Waals surface area contributed by atoms with Crippen LogP contribution in [0.15, 0.2) is 36.4 Å². The zero-order chi connectivity index (χ0) is 14.7. The van der Waals surface area contributed by atoms with Crippen molar-refractivity contribution in [3.05, 3.63) is 69.5 Å². The predicted molar refractivity (Wildman–Crippen MR) is 82.8 cm³/mol. The van der Waals surface area contributed by atoms with E-state index in [1.165, 1.54) is 6.07 Å². The average Bonchev–Trinajstić information content (AvgIpc) is 2.35. The second-order valence-corrected chi connectivity index (χ2v) is 5.48. The fourth-order valence-corrected chi connectivity index (χ4v) is 2.75. The molecule has 106 valence electrons. The van der Waals surface area contributed by atoms with Gasteiger partial charge in [0, 0.05) is 5.02 Å². The molecule has 20 heavy (non-hydrogen) atoms. The Morgan fingerprint density at radius 2 is 1.85 bits per heavy atom. The summed E-state index contributed by atoms with van der Waals surface area (Å²) in [7, 11) is 0. The maximum atomic E-state index is 13.6. The highest BCUT2D eigenvalue weighted by Gasteiger charge is 2.17. The fraction of sp³-hybridized carbons (Fsp3) is 0.294. The van der Waals surface area contributed by atoms with Crippen molar-refractivity contribution in [1.29, 1.82) is 0 Å². The molecule has 2 aromatic carbocycles. The Balaban J connectivity index is 2.49. The van der Waals surface area contributed by atoms with E-state index in [9.17, 15) is 4.39 Å². The summed E-state index contributed by atoms with van der Waals surface area (Å²) in [5.74, 6) is -0.217. The highest BCUT2D eigenvalue weighted by molar-refractivity contribution is 6.31. The van der Waals surface area contributed by atoms with Crippen LogP contribution in [0.5, 0.6) is 0 Å². The van der Waals surface area contributed by atoms with Crippen molar-refractivity contribution in [2.45, 2.75) is 26.8 Å². The van der Waals surface area contributed by atoms with Gasteiger partial charge in [-0.15, -0.1) is 0 Å². The lowest BCUT2D eigenvalue weighted by Gasteiger charge is -2.21. The van der Waals surface area contributed by atoms with Crippen molar-refractivity contribution in [2.75, 3.05) is 6.54 Å². The molecule has 0 saturated heterocycles. The Morgan fingerprint density at radius 3 is 2.45 bits per heavy atom.